The summed E-state index contributed by atoms with van der Waals surface area (Å²) >= 11 is 0. The highest BCUT2D eigenvalue weighted by Gasteiger charge is 2.26. The van der Waals surface area contributed by atoms with Gasteiger partial charge in [0.2, 0.25) is 0 Å². The van der Waals surface area contributed by atoms with E-state index in [1.54, 1.807) is 12.1 Å². The minimum absolute atomic E-state index is 0.293. The molecule has 1 N–H and O–H groups in total. The highest BCUT2D eigenvalue weighted by atomic mass is 16.5. The maximum Gasteiger partial charge on any atom is 0.347 e. The van der Waals surface area contributed by atoms with E-state index in [1.165, 1.54) is 5.56 Å². The molecule has 1 fully saturated rings. The van der Waals surface area contributed by atoms with Crippen LogP contribution in [-0.4, -0.2) is 12.5 Å². The summed E-state index contributed by atoms with van der Waals surface area (Å²) in [6.45, 7) is 5.46. The van der Waals surface area contributed by atoms with Gasteiger partial charge in [0, 0.05) is 6.04 Å². The van der Waals surface area contributed by atoms with E-state index in [1.807, 2.05) is 61.5 Å². The third-order valence-electron chi connectivity index (χ3n) is 5.73. The second-order valence-corrected chi connectivity index (χ2v) is 7.71. The monoisotopic (exact) mass is 401 g/mol. The molecule has 154 valence electrons. The lowest BCUT2D eigenvalue weighted by atomic mass is 9.92. The van der Waals surface area contributed by atoms with Gasteiger partial charge in [0.15, 0.2) is 0 Å². The van der Waals surface area contributed by atoms with Crippen LogP contribution in [0.15, 0.2) is 66.7 Å². The Morgan fingerprint density at radius 2 is 1.70 bits per heavy atom. The van der Waals surface area contributed by atoms with Crippen LogP contribution in [0.4, 0.5) is 0 Å². The minimum Gasteiger partial charge on any atom is -0.488 e. The SMILES string of the molecule is Cc1c(C2CCCN2)cc(OCc2ccccc2)c(C(=O)Oc2ccccc2)c1C. The molecular formula is C26H27NO3. The van der Waals surface area contributed by atoms with E-state index < -0.39 is 5.97 Å². The summed E-state index contributed by atoms with van der Waals surface area (Å²) in [6, 6.07) is 21.4. The summed E-state index contributed by atoms with van der Waals surface area (Å²) in [7, 11) is 0. The number of para-hydroxylation sites is 1. The summed E-state index contributed by atoms with van der Waals surface area (Å²) in [5.41, 5.74) is 4.77. The lowest BCUT2D eigenvalue weighted by Gasteiger charge is -2.21. The Labute approximate surface area is 177 Å². The van der Waals surface area contributed by atoms with E-state index in [0.29, 0.717) is 29.7 Å². The Hall–Kier alpha value is -3.11. The first kappa shape index (κ1) is 20.2. The molecule has 1 heterocycles. The zero-order valence-corrected chi connectivity index (χ0v) is 17.5. The van der Waals surface area contributed by atoms with Gasteiger partial charge in [-0.3, -0.25) is 0 Å². The molecule has 4 nitrogen and oxygen atoms in total. The van der Waals surface area contributed by atoms with Crippen LogP contribution in [-0.2, 0) is 6.61 Å². The van der Waals surface area contributed by atoms with Crippen LogP contribution in [0, 0.1) is 13.8 Å². The zero-order chi connectivity index (χ0) is 20.9. The average Bonchev–Trinajstić information content (AvgIpc) is 3.30. The third kappa shape index (κ3) is 4.39. The van der Waals surface area contributed by atoms with E-state index in [4.69, 9.17) is 9.47 Å². The number of nitrogens with one attached hydrogen (secondary N) is 1. The number of benzene rings is 3. The average molecular weight is 402 g/mol. The van der Waals surface area contributed by atoms with E-state index in [9.17, 15) is 4.79 Å². The van der Waals surface area contributed by atoms with Crippen LogP contribution < -0.4 is 14.8 Å². The standard InChI is InChI=1S/C26H27NO3/c1-18-19(2)25(26(28)30-21-12-7-4-8-13-21)24(16-22(18)23-14-9-15-27-23)29-17-20-10-5-3-6-11-20/h3-8,10-13,16,23,27H,9,14-15,17H2,1-2H3. The molecule has 0 aliphatic carbocycles. The highest BCUT2D eigenvalue weighted by Crippen LogP contribution is 2.35. The fourth-order valence-electron chi connectivity index (χ4n) is 3.97. The van der Waals surface area contributed by atoms with Crippen molar-refractivity contribution in [1.82, 2.24) is 5.32 Å². The number of hydrogen-bond donors (Lipinski definition) is 1. The quantitative estimate of drug-likeness (QED) is 0.436. The maximum absolute atomic E-state index is 13.1. The Morgan fingerprint density at radius 3 is 2.37 bits per heavy atom. The van der Waals surface area contributed by atoms with Gasteiger partial charge in [-0.25, -0.2) is 4.79 Å². The van der Waals surface area contributed by atoms with Crippen molar-refractivity contribution in [2.24, 2.45) is 0 Å². The van der Waals surface area contributed by atoms with Gasteiger partial charge in [-0.2, -0.15) is 0 Å². The van der Waals surface area contributed by atoms with E-state index in [-0.39, 0.29) is 0 Å². The molecule has 0 bridgehead atoms. The molecule has 1 unspecified atom stereocenters. The van der Waals surface area contributed by atoms with Crippen LogP contribution in [0.25, 0.3) is 0 Å². The van der Waals surface area contributed by atoms with Crippen molar-refractivity contribution in [3.8, 4) is 11.5 Å². The summed E-state index contributed by atoms with van der Waals surface area (Å²) in [6.07, 6.45) is 2.24. The fraction of sp³-hybridized carbons (Fsp3) is 0.269. The van der Waals surface area contributed by atoms with E-state index in [2.05, 4.69) is 12.2 Å². The van der Waals surface area contributed by atoms with E-state index in [0.717, 1.165) is 36.1 Å². The Balaban J connectivity index is 1.70. The first-order valence-corrected chi connectivity index (χ1v) is 10.4. The normalized spacial score (nSPS) is 15.7. The molecule has 0 spiro atoms. The van der Waals surface area contributed by atoms with Crippen LogP contribution in [0.3, 0.4) is 0 Å². The van der Waals surface area contributed by atoms with Crippen LogP contribution >= 0.6 is 0 Å². The Kier molecular flexibility index (Phi) is 6.15. The van der Waals surface area contributed by atoms with E-state index >= 15 is 0 Å². The van der Waals surface area contributed by atoms with Crippen LogP contribution in [0.1, 0.15) is 51.5 Å². The van der Waals surface area contributed by atoms with Crippen molar-refractivity contribution < 1.29 is 14.3 Å². The molecule has 0 saturated carbocycles. The molecule has 0 radical (unpaired) electrons. The molecule has 3 aromatic carbocycles. The van der Waals surface area contributed by atoms with Gasteiger partial charge < -0.3 is 14.8 Å². The molecule has 4 heteroatoms. The largest absolute Gasteiger partial charge is 0.488 e. The van der Waals surface area contributed by atoms with Crippen molar-refractivity contribution in [3.05, 3.63) is 94.5 Å². The van der Waals surface area contributed by atoms with Crippen LogP contribution in [0.5, 0.6) is 11.5 Å². The lowest BCUT2D eigenvalue weighted by Crippen LogP contribution is -2.18. The lowest BCUT2D eigenvalue weighted by molar-refractivity contribution is 0.0728. The first-order chi connectivity index (χ1) is 14.6. The molecule has 1 aliphatic rings. The molecular weight excluding hydrogens is 374 g/mol. The predicted molar refractivity (Wildman–Crippen MR) is 118 cm³/mol. The topological polar surface area (TPSA) is 47.6 Å². The highest BCUT2D eigenvalue weighted by molar-refractivity contribution is 5.96. The van der Waals surface area contributed by atoms with Gasteiger partial charge >= 0.3 is 5.97 Å². The summed E-state index contributed by atoms with van der Waals surface area (Å²) < 4.78 is 11.8. The van der Waals surface area contributed by atoms with Crippen molar-refractivity contribution in [3.63, 3.8) is 0 Å². The molecule has 0 aromatic heterocycles. The summed E-state index contributed by atoms with van der Waals surface area (Å²) in [5.74, 6) is 0.706. The second-order valence-electron chi connectivity index (χ2n) is 7.71. The molecule has 1 aliphatic heterocycles. The first-order valence-electron chi connectivity index (χ1n) is 10.4. The third-order valence-corrected chi connectivity index (χ3v) is 5.73. The molecule has 0 amide bonds. The van der Waals surface area contributed by atoms with Gasteiger partial charge in [0.25, 0.3) is 0 Å². The van der Waals surface area contributed by atoms with Crippen molar-refractivity contribution in [2.75, 3.05) is 6.54 Å². The number of rotatable bonds is 6. The fourth-order valence-corrected chi connectivity index (χ4v) is 3.97. The molecule has 3 aromatic rings. The molecule has 1 saturated heterocycles. The minimum atomic E-state index is -0.393. The van der Waals surface area contributed by atoms with Gasteiger partial charge in [0.1, 0.15) is 23.7 Å². The number of carbonyl (C=O) groups excluding carboxylic acids is 1. The van der Waals surface area contributed by atoms with Crippen molar-refractivity contribution in [1.29, 1.82) is 0 Å². The molecule has 1 atom stereocenters. The smallest absolute Gasteiger partial charge is 0.347 e. The summed E-state index contributed by atoms with van der Waals surface area (Å²) in [4.78, 5) is 13.1. The van der Waals surface area contributed by atoms with Gasteiger partial charge in [0.05, 0.1) is 0 Å². The maximum atomic E-state index is 13.1. The van der Waals surface area contributed by atoms with Gasteiger partial charge in [-0.15, -0.1) is 0 Å². The predicted octanol–water partition coefficient (Wildman–Crippen LogP) is 5.53. The zero-order valence-electron chi connectivity index (χ0n) is 17.5. The molecule has 4 rings (SSSR count). The number of esters is 1. The molecule has 30 heavy (non-hydrogen) atoms. The number of carbonyl (C=O) groups is 1. The summed E-state index contributed by atoms with van der Waals surface area (Å²) in [5, 5.41) is 3.56. The number of ether oxygens (including phenoxy) is 2. The van der Waals surface area contributed by atoms with Crippen molar-refractivity contribution >= 4 is 5.97 Å². The van der Waals surface area contributed by atoms with Crippen LogP contribution in [0.2, 0.25) is 0 Å². The second kappa shape index (κ2) is 9.14. The van der Waals surface area contributed by atoms with Gasteiger partial charge in [-0.05, 0) is 73.7 Å². The van der Waals surface area contributed by atoms with Gasteiger partial charge in [-0.1, -0.05) is 48.5 Å². The Bertz CT molecular complexity index is 1010. The van der Waals surface area contributed by atoms with Crippen molar-refractivity contribution in [2.45, 2.75) is 39.3 Å². The number of hydrogen-bond acceptors (Lipinski definition) is 4. The Morgan fingerprint density at radius 1 is 1.00 bits per heavy atom.